The number of piperidine rings is 1. The van der Waals surface area contributed by atoms with Gasteiger partial charge in [0, 0.05) is 36.9 Å². The average Bonchev–Trinajstić information content (AvgIpc) is 3.36. The van der Waals surface area contributed by atoms with Crippen LogP contribution < -0.4 is 5.32 Å². The van der Waals surface area contributed by atoms with Crippen molar-refractivity contribution in [1.29, 1.82) is 0 Å². The Morgan fingerprint density at radius 3 is 1.91 bits per heavy atom. The van der Waals surface area contributed by atoms with Crippen LogP contribution in [0.1, 0.15) is 25.7 Å². The topological polar surface area (TPSA) is 104 Å². The van der Waals surface area contributed by atoms with E-state index in [1.54, 1.807) is 12.1 Å². The quantitative estimate of drug-likeness (QED) is 0.641. The third-order valence-electron chi connectivity index (χ3n) is 6.03. The van der Waals surface area contributed by atoms with E-state index < -0.39 is 26.0 Å². The van der Waals surface area contributed by atoms with Gasteiger partial charge in [-0.1, -0.05) is 11.6 Å². The molecule has 2 aliphatic heterocycles. The Morgan fingerprint density at radius 2 is 1.30 bits per heavy atom. The zero-order chi connectivity index (χ0) is 23.6. The number of nitrogens with one attached hydrogen (secondary N) is 1. The Labute approximate surface area is 199 Å². The molecule has 33 heavy (non-hydrogen) atoms. The second kappa shape index (κ2) is 9.71. The number of carbonyl (C=O) groups excluding carboxylic acids is 1. The molecule has 1 atom stereocenters. The van der Waals surface area contributed by atoms with Crippen LogP contribution in [0.2, 0.25) is 5.02 Å². The molecule has 11 heteroatoms. The predicted molar refractivity (Wildman–Crippen MR) is 126 cm³/mol. The van der Waals surface area contributed by atoms with Gasteiger partial charge in [-0.15, -0.1) is 0 Å². The molecule has 178 valence electrons. The number of rotatable bonds is 6. The summed E-state index contributed by atoms with van der Waals surface area (Å²) in [5.41, 5.74) is 0.470. The number of benzene rings is 2. The van der Waals surface area contributed by atoms with Gasteiger partial charge >= 0.3 is 0 Å². The summed E-state index contributed by atoms with van der Waals surface area (Å²) in [5.74, 6) is -0.796. The summed E-state index contributed by atoms with van der Waals surface area (Å²) in [6, 6.07) is 12.1. The number of anilines is 1. The molecule has 2 aliphatic rings. The van der Waals surface area contributed by atoms with Gasteiger partial charge in [0.25, 0.3) is 0 Å². The lowest BCUT2D eigenvalue weighted by atomic mass is 9.99. The molecule has 0 aromatic heterocycles. The molecule has 0 saturated carbocycles. The summed E-state index contributed by atoms with van der Waals surface area (Å²) in [5, 5.41) is 3.24. The lowest BCUT2D eigenvalue weighted by molar-refractivity contribution is -0.120. The minimum absolute atomic E-state index is 0.0816. The van der Waals surface area contributed by atoms with E-state index in [1.807, 2.05) is 0 Å². The Balaban J connectivity index is 1.41. The fraction of sp³-hybridized carbons (Fsp3) is 0.409. The molecule has 2 fully saturated rings. The van der Waals surface area contributed by atoms with Crippen molar-refractivity contribution in [2.75, 3.05) is 31.5 Å². The first-order valence-electron chi connectivity index (χ1n) is 10.8. The van der Waals surface area contributed by atoms with Crippen LogP contribution in [0.15, 0.2) is 58.3 Å². The van der Waals surface area contributed by atoms with E-state index in [9.17, 15) is 21.6 Å². The lowest BCUT2D eigenvalue weighted by Gasteiger charge is -2.31. The maximum atomic E-state index is 13.0. The average molecular weight is 512 g/mol. The first-order chi connectivity index (χ1) is 15.7. The number of carbonyl (C=O) groups is 1. The van der Waals surface area contributed by atoms with Crippen LogP contribution in [0.4, 0.5) is 5.69 Å². The molecule has 2 aromatic rings. The highest BCUT2D eigenvalue weighted by Gasteiger charge is 2.33. The van der Waals surface area contributed by atoms with Crippen LogP contribution in [0.3, 0.4) is 0 Å². The number of hydrogen-bond donors (Lipinski definition) is 1. The van der Waals surface area contributed by atoms with E-state index in [-0.39, 0.29) is 22.2 Å². The van der Waals surface area contributed by atoms with Crippen LogP contribution in [0, 0.1) is 5.92 Å². The molecular weight excluding hydrogens is 486 g/mol. The zero-order valence-corrected chi connectivity index (χ0v) is 20.4. The number of halogens is 1. The highest BCUT2D eigenvalue weighted by molar-refractivity contribution is 7.89. The maximum absolute atomic E-state index is 13.0. The van der Waals surface area contributed by atoms with Crippen LogP contribution >= 0.6 is 11.6 Å². The SMILES string of the molecule is O=C(Nc1ccc(S(=O)(=O)N2CCCC2)cc1)[C@H]1CCCN(S(=O)(=O)c2ccc(Cl)cc2)C1. The minimum atomic E-state index is -3.72. The highest BCUT2D eigenvalue weighted by atomic mass is 35.5. The first-order valence-corrected chi connectivity index (χ1v) is 14.1. The predicted octanol–water partition coefficient (Wildman–Crippen LogP) is 3.16. The normalized spacial score (nSPS) is 20.6. The number of hydrogen-bond acceptors (Lipinski definition) is 5. The fourth-order valence-corrected chi connectivity index (χ4v) is 7.33. The summed E-state index contributed by atoms with van der Waals surface area (Å²) in [6.45, 7) is 1.48. The van der Waals surface area contributed by atoms with E-state index in [0.717, 1.165) is 12.8 Å². The van der Waals surface area contributed by atoms with Gasteiger partial charge in [0.15, 0.2) is 0 Å². The third kappa shape index (κ3) is 5.25. The standard InChI is InChI=1S/C22H26ClN3O5S2/c23-18-5-9-20(10-6-18)33(30,31)26-15-3-4-17(16-26)22(27)24-19-7-11-21(12-8-19)32(28,29)25-13-1-2-14-25/h5-12,17H,1-4,13-16H2,(H,24,27)/t17-/m0/s1. The van der Waals surface area contributed by atoms with Crippen LogP contribution in [0.25, 0.3) is 0 Å². The molecule has 0 spiro atoms. The molecule has 2 aromatic carbocycles. The van der Waals surface area contributed by atoms with Crippen molar-refractivity contribution in [3.05, 3.63) is 53.6 Å². The van der Waals surface area contributed by atoms with Crippen molar-refractivity contribution in [3.63, 3.8) is 0 Å². The van der Waals surface area contributed by atoms with Gasteiger partial charge in [-0.05, 0) is 74.2 Å². The third-order valence-corrected chi connectivity index (χ3v) is 10.1. The van der Waals surface area contributed by atoms with Gasteiger partial charge in [-0.3, -0.25) is 4.79 Å². The van der Waals surface area contributed by atoms with Crippen molar-refractivity contribution in [2.24, 2.45) is 5.92 Å². The summed E-state index contributed by atoms with van der Waals surface area (Å²) >= 11 is 5.86. The van der Waals surface area contributed by atoms with Gasteiger partial charge in [0.1, 0.15) is 0 Å². The van der Waals surface area contributed by atoms with Gasteiger partial charge < -0.3 is 5.32 Å². The molecule has 1 N–H and O–H groups in total. The minimum Gasteiger partial charge on any atom is -0.326 e. The molecule has 2 saturated heterocycles. The molecule has 0 aliphatic carbocycles. The zero-order valence-electron chi connectivity index (χ0n) is 18.0. The van der Waals surface area contributed by atoms with Crippen molar-refractivity contribution in [1.82, 2.24) is 8.61 Å². The van der Waals surface area contributed by atoms with Crippen LogP contribution in [0.5, 0.6) is 0 Å². The summed E-state index contributed by atoms with van der Waals surface area (Å²) in [4.78, 5) is 13.2. The number of nitrogens with zero attached hydrogens (tertiary/aromatic N) is 2. The van der Waals surface area contributed by atoms with Crippen molar-refractivity contribution >= 4 is 43.2 Å². The molecular formula is C22H26ClN3O5S2. The van der Waals surface area contributed by atoms with Gasteiger partial charge in [0.2, 0.25) is 26.0 Å². The second-order valence-corrected chi connectivity index (χ2v) is 12.6. The lowest BCUT2D eigenvalue weighted by Crippen LogP contribution is -2.43. The largest absolute Gasteiger partial charge is 0.326 e. The Bertz CT molecular complexity index is 1210. The Morgan fingerprint density at radius 1 is 0.788 bits per heavy atom. The molecule has 4 rings (SSSR count). The summed E-state index contributed by atoms with van der Waals surface area (Å²) in [7, 11) is -7.24. The van der Waals surface area contributed by atoms with Gasteiger partial charge in [-0.25, -0.2) is 16.8 Å². The van der Waals surface area contributed by atoms with E-state index >= 15 is 0 Å². The highest BCUT2D eigenvalue weighted by Crippen LogP contribution is 2.26. The maximum Gasteiger partial charge on any atom is 0.243 e. The van der Waals surface area contributed by atoms with E-state index in [2.05, 4.69) is 5.32 Å². The summed E-state index contributed by atoms with van der Waals surface area (Å²) in [6.07, 6.45) is 2.86. The molecule has 0 radical (unpaired) electrons. The van der Waals surface area contributed by atoms with Crippen molar-refractivity contribution < 1.29 is 21.6 Å². The van der Waals surface area contributed by atoms with Gasteiger partial charge in [-0.2, -0.15) is 8.61 Å². The van der Waals surface area contributed by atoms with Crippen LogP contribution in [-0.2, 0) is 24.8 Å². The Hall–Kier alpha value is -1.98. The second-order valence-electron chi connectivity index (χ2n) is 8.28. The molecule has 1 amide bonds. The molecule has 0 unspecified atom stereocenters. The summed E-state index contributed by atoms with van der Waals surface area (Å²) < 4.78 is 54.0. The van der Waals surface area contributed by atoms with Crippen molar-refractivity contribution in [2.45, 2.75) is 35.5 Å². The number of amides is 1. The molecule has 8 nitrogen and oxygen atoms in total. The van der Waals surface area contributed by atoms with E-state index in [0.29, 0.717) is 43.2 Å². The molecule has 0 bridgehead atoms. The smallest absolute Gasteiger partial charge is 0.243 e. The van der Waals surface area contributed by atoms with E-state index in [1.165, 1.54) is 45.0 Å². The fourth-order valence-electron chi connectivity index (χ4n) is 4.16. The van der Waals surface area contributed by atoms with E-state index in [4.69, 9.17) is 11.6 Å². The first kappa shape index (κ1) is 24.2. The Kier molecular flexibility index (Phi) is 7.11. The van der Waals surface area contributed by atoms with Crippen molar-refractivity contribution in [3.8, 4) is 0 Å². The van der Waals surface area contributed by atoms with Gasteiger partial charge in [0.05, 0.1) is 15.7 Å². The monoisotopic (exact) mass is 511 g/mol. The molecule has 2 heterocycles. The number of sulfonamides is 2. The van der Waals surface area contributed by atoms with Crippen LogP contribution in [-0.4, -0.2) is 57.5 Å².